The molecule has 0 amide bonds. The average Bonchev–Trinajstić information content (AvgIpc) is 2.65. The van der Waals surface area contributed by atoms with Crippen LogP contribution in [0.5, 0.6) is 0 Å². The molecular weight excluding hydrogens is 503 g/mol. The molecule has 1 N–H and O–H groups in total. The second-order valence-corrected chi connectivity index (χ2v) is 9.45. The minimum Gasteiger partial charge on any atom is -0.466 e. The molecule has 1 aliphatic heterocycles. The summed E-state index contributed by atoms with van der Waals surface area (Å²) < 4.78 is 34.0. The molecule has 1 heterocycles. The Bertz CT molecular complexity index is 730. The van der Waals surface area contributed by atoms with Crippen LogP contribution < -0.4 is 4.72 Å². The zero-order valence-corrected chi connectivity index (χ0v) is 20.9. The molecular formula is C21H35IN2O4S. The standard InChI is InChI=1S/C21H34N2O4S.HI/c1-4-6-7-8-18-9-11-19(12-10-18)28(25,26)22-21(17-20(24)27-5-2)13-15-23(3)16-14-21;/h9-12,22H,4-8,13-17H2,1-3H3;1H. The number of hydrogen-bond donors (Lipinski definition) is 1. The summed E-state index contributed by atoms with van der Waals surface area (Å²) in [5, 5.41) is 0. The van der Waals surface area contributed by atoms with Gasteiger partial charge in [-0.1, -0.05) is 31.9 Å². The Hall–Kier alpha value is -0.710. The SMILES string of the molecule is CCCCCc1ccc(S(=O)(=O)NC2(CC(=O)OCC)CCN(C)CC2)cc1.I. The van der Waals surface area contributed by atoms with Gasteiger partial charge < -0.3 is 9.64 Å². The predicted molar refractivity (Wildman–Crippen MR) is 126 cm³/mol. The van der Waals surface area contributed by atoms with E-state index in [1.165, 1.54) is 6.42 Å². The van der Waals surface area contributed by atoms with Crippen LogP contribution in [0.15, 0.2) is 29.2 Å². The highest BCUT2D eigenvalue weighted by molar-refractivity contribution is 14.0. The molecule has 1 saturated heterocycles. The lowest BCUT2D eigenvalue weighted by Crippen LogP contribution is -2.55. The maximum absolute atomic E-state index is 13.0. The van der Waals surface area contributed by atoms with Gasteiger partial charge in [0.15, 0.2) is 0 Å². The number of nitrogens with one attached hydrogen (secondary N) is 1. The third-order valence-electron chi connectivity index (χ3n) is 5.39. The van der Waals surface area contributed by atoms with E-state index in [1.54, 1.807) is 19.1 Å². The van der Waals surface area contributed by atoms with Crippen molar-refractivity contribution in [3.63, 3.8) is 0 Å². The fraction of sp³-hybridized carbons (Fsp3) is 0.667. The molecule has 6 nitrogen and oxygen atoms in total. The molecule has 8 heteroatoms. The molecule has 0 saturated carbocycles. The first-order valence-corrected chi connectivity index (χ1v) is 11.8. The second-order valence-electron chi connectivity index (χ2n) is 7.77. The summed E-state index contributed by atoms with van der Waals surface area (Å²) >= 11 is 0. The number of benzene rings is 1. The molecule has 0 radical (unpaired) electrons. The monoisotopic (exact) mass is 538 g/mol. The number of piperidine rings is 1. The number of aryl methyl sites for hydroxylation is 1. The van der Waals surface area contributed by atoms with Crippen LogP contribution in [-0.4, -0.2) is 51.6 Å². The quantitative estimate of drug-likeness (QED) is 0.279. The molecule has 0 aliphatic carbocycles. The number of unbranched alkanes of at least 4 members (excludes halogenated alkanes) is 2. The minimum atomic E-state index is -3.71. The zero-order chi connectivity index (χ0) is 20.6. The number of halogens is 1. The molecule has 1 aromatic rings. The van der Waals surface area contributed by atoms with Gasteiger partial charge in [-0.05, 0) is 70.4 Å². The highest BCUT2D eigenvalue weighted by Crippen LogP contribution is 2.28. The van der Waals surface area contributed by atoms with Crippen LogP contribution >= 0.6 is 24.0 Å². The average molecular weight is 538 g/mol. The fourth-order valence-electron chi connectivity index (χ4n) is 3.61. The van der Waals surface area contributed by atoms with Gasteiger partial charge in [0, 0.05) is 5.54 Å². The lowest BCUT2D eigenvalue weighted by Gasteiger charge is -2.40. The van der Waals surface area contributed by atoms with E-state index in [9.17, 15) is 13.2 Å². The maximum atomic E-state index is 13.0. The van der Waals surface area contributed by atoms with E-state index in [2.05, 4.69) is 16.5 Å². The van der Waals surface area contributed by atoms with Gasteiger partial charge in [-0.2, -0.15) is 0 Å². The van der Waals surface area contributed by atoms with Gasteiger partial charge in [0.2, 0.25) is 10.0 Å². The Balaban J connectivity index is 0.00000420. The molecule has 0 bridgehead atoms. The number of esters is 1. The van der Waals surface area contributed by atoms with Gasteiger partial charge in [0.25, 0.3) is 0 Å². The first kappa shape index (κ1) is 26.3. The highest BCUT2D eigenvalue weighted by Gasteiger charge is 2.40. The summed E-state index contributed by atoms with van der Waals surface area (Å²) in [6.07, 6.45) is 5.62. The van der Waals surface area contributed by atoms with Crippen molar-refractivity contribution in [1.29, 1.82) is 0 Å². The minimum absolute atomic E-state index is 0. The summed E-state index contributed by atoms with van der Waals surface area (Å²) in [5.74, 6) is -0.360. The number of rotatable bonds is 10. The maximum Gasteiger partial charge on any atom is 0.307 e. The van der Waals surface area contributed by atoms with Crippen LogP contribution in [0, 0.1) is 0 Å². The first-order chi connectivity index (χ1) is 13.3. The normalized spacial score (nSPS) is 16.8. The van der Waals surface area contributed by atoms with Gasteiger partial charge >= 0.3 is 5.97 Å². The first-order valence-electron chi connectivity index (χ1n) is 10.3. The van der Waals surface area contributed by atoms with Crippen molar-refractivity contribution in [3.05, 3.63) is 29.8 Å². The van der Waals surface area contributed by atoms with E-state index in [-0.39, 0.29) is 41.3 Å². The van der Waals surface area contributed by atoms with Crippen LogP contribution in [0.4, 0.5) is 0 Å². The Kier molecular flexibility index (Phi) is 11.1. The largest absolute Gasteiger partial charge is 0.466 e. The third kappa shape index (κ3) is 8.15. The van der Waals surface area contributed by atoms with E-state index in [0.29, 0.717) is 19.4 Å². The molecule has 0 unspecified atom stereocenters. The summed E-state index contributed by atoms with van der Waals surface area (Å²) in [6.45, 7) is 5.68. The van der Waals surface area contributed by atoms with Crippen molar-refractivity contribution in [2.24, 2.45) is 0 Å². The molecule has 1 aliphatic rings. The number of ether oxygens (including phenoxy) is 1. The third-order valence-corrected chi connectivity index (χ3v) is 6.98. The number of carbonyl (C=O) groups excluding carboxylic acids is 1. The van der Waals surface area contributed by atoms with Crippen LogP contribution in [0.2, 0.25) is 0 Å². The summed E-state index contributed by atoms with van der Waals surface area (Å²) in [5.41, 5.74) is 0.352. The van der Waals surface area contributed by atoms with Gasteiger partial charge in [-0.25, -0.2) is 13.1 Å². The van der Waals surface area contributed by atoms with Crippen LogP contribution in [-0.2, 0) is 26.0 Å². The Morgan fingerprint density at radius 2 is 1.76 bits per heavy atom. The van der Waals surface area contributed by atoms with Crippen molar-refractivity contribution < 1.29 is 17.9 Å². The van der Waals surface area contributed by atoms with Gasteiger partial charge in [-0.3, -0.25) is 4.79 Å². The molecule has 0 spiro atoms. The van der Waals surface area contributed by atoms with Gasteiger partial charge in [0.1, 0.15) is 0 Å². The van der Waals surface area contributed by atoms with Crippen LogP contribution in [0.3, 0.4) is 0 Å². The zero-order valence-electron chi connectivity index (χ0n) is 17.8. The van der Waals surface area contributed by atoms with E-state index in [4.69, 9.17) is 4.74 Å². The van der Waals surface area contributed by atoms with E-state index in [0.717, 1.165) is 37.9 Å². The summed E-state index contributed by atoms with van der Waals surface area (Å²) in [6, 6.07) is 7.10. The van der Waals surface area contributed by atoms with Crippen molar-refractivity contribution >= 4 is 40.0 Å². The number of carbonyl (C=O) groups is 1. The Morgan fingerprint density at radius 1 is 1.14 bits per heavy atom. The van der Waals surface area contributed by atoms with Crippen molar-refractivity contribution in [1.82, 2.24) is 9.62 Å². The summed E-state index contributed by atoms with van der Waals surface area (Å²) in [4.78, 5) is 14.5. The predicted octanol–water partition coefficient (Wildman–Crippen LogP) is 3.73. The number of hydrogen-bond acceptors (Lipinski definition) is 5. The van der Waals surface area contributed by atoms with Crippen molar-refractivity contribution in [3.8, 4) is 0 Å². The highest BCUT2D eigenvalue weighted by atomic mass is 127. The number of likely N-dealkylation sites (tertiary alicyclic amines) is 1. The van der Waals surface area contributed by atoms with Crippen molar-refractivity contribution in [2.75, 3.05) is 26.7 Å². The fourth-order valence-corrected chi connectivity index (χ4v) is 5.07. The molecule has 2 rings (SSSR count). The number of nitrogens with zero attached hydrogens (tertiary/aromatic N) is 1. The molecule has 0 aromatic heterocycles. The van der Waals surface area contributed by atoms with E-state index < -0.39 is 15.6 Å². The van der Waals surface area contributed by atoms with Crippen LogP contribution in [0.25, 0.3) is 0 Å². The molecule has 1 fully saturated rings. The smallest absolute Gasteiger partial charge is 0.307 e. The Morgan fingerprint density at radius 3 is 2.31 bits per heavy atom. The molecule has 166 valence electrons. The second kappa shape index (κ2) is 12.2. The van der Waals surface area contributed by atoms with Gasteiger partial charge in [-0.15, -0.1) is 24.0 Å². The topological polar surface area (TPSA) is 75.7 Å². The van der Waals surface area contributed by atoms with E-state index in [1.807, 2.05) is 19.2 Å². The van der Waals surface area contributed by atoms with E-state index >= 15 is 0 Å². The lowest BCUT2D eigenvalue weighted by molar-refractivity contribution is -0.145. The lowest BCUT2D eigenvalue weighted by atomic mass is 9.85. The molecule has 0 atom stereocenters. The summed E-state index contributed by atoms with van der Waals surface area (Å²) in [7, 11) is -1.71. The van der Waals surface area contributed by atoms with Crippen LogP contribution in [0.1, 0.15) is 57.9 Å². The van der Waals surface area contributed by atoms with Gasteiger partial charge in [0.05, 0.1) is 17.9 Å². The Labute approximate surface area is 192 Å². The van der Waals surface area contributed by atoms with Crippen molar-refractivity contribution in [2.45, 2.75) is 69.2 Å². The molecule has 1 aromatic carbocycles. The number of sulfonamides is 1. The molecule has 29 heavy (non-hydrogen) atoms.